The number of hydrogen-bond acceptors (Lipinski definition) is 4. The highest BCUT2D eigenvalue weighted by Crippen LogP contribution is 2.23. The topological polar surface area (TPSA) is 66.9 Å². The first-order chi connectivity index (χ1) is 14.7. The van der Waals surface area contributed by atoms with Crippen LogP contribution in [0, 0.1) is 11.6 Å². The number of nitrogens with zero attached hydrogens (tertiary/aromatic N) is 2. The van der Waals surface area contributed by atoms with Crippen LogP contribution in [-0.2, 0) is 14.8 Å². The van der Waals surface area contributed by atoms with Crippen LogP contribution in [0.15, 0.2) is 53.4 Å². The minimum Gasteiger partial charge on any atom is -0.434 e. The first-order valence-corrected chi connectivity index (χ1v) is 10.6. The van der Waals surface area contributed by atoms with Gasteiger partial charge in [0.2, 0.25) is 15.9 Å². The summed E-state index contributed by atoms with van der Waals surface area (Å²) in [5.41, 5.74) is 0.282. The van der Waals surface area contributed by atoms with Gasteiger partial charge in [-0.1, -0.05) is 18.2 Å². The van der Waals surface area contributed by atoms with Crippen LogP contribution in [0.3, 0.4) is 0 Å². The van der Waals surface area contributed by atoms with Crippen molar-refractivity contribution in [1.29, 1.82) is 0 Å². The van der Waals surface area contributed by atoms with Gasteiger partial charge in [0.05, 0.1) is 0 Å². The average Bonchev–Trinajstić information content (AvgIpc) is 2.72. The van der Waals surface area contributed by atoms with Crippen molar-refractivity contribution in [3.63, 3.8) is 0 Å². The Morgan fingerprint density at radius 3 is 2.35 bits per heavy atom. The van der Waals surface area contributed by atoms with Gasteiger partial charge in [-0.05, 0) is 24.3 Å². The zero-order valence-corrected chi connectivity index (χ0v) is 16.9. The van der Waals surface area contributed by atoms with Gasteiger partial charge in [-0.25, -0.2) is 17.2 Å². The van der Waals surface area contributed by atoms with E-state index < -0.39 is 39.1 Å². The van der Waals surface area contributed by atoms with E-state index >= 15 is 0 Å². The zero-order chi connectivity index (χ0) is 22.6. The van der Waals surface area contributed by atoms with E-state index in [2.05, 4.69) is 4.74 Å². The van der Waals surface area contributed by atoms with Crippen LogP contribution in [0.25, 0.3) is 6.08 Å². The van der Waals surface area contributed by atoms with Gasteiger partial charge in [0.15, 0.2) is 0 Å². The van der Waals surface area contributed by atoms with Crippen LogP contribution in [-0.4, -0.2) is 56.3 Å². The molecule has 0 atom stereocenters. The maximum atomic E-state index is 13.9. The van der Waals surface area contributed by atoms with Crippen LogP contribution in [0.1, 0.15) is 5.56 Å². The molecule has 1 fully saturated rings. The highest BCUT2D eigenvalue weighted by molar-refractivity contribution is 7.89. The normalized spacial score (nSPS) is 15.6. The van der Waals surface area contributed by atoms with Crippen LogP contribution in [0.4, 0.5) is 17.6 Å². The number of hydrogen-bond donors (Lipinski definition) is 0. The molecule has 0 aliphatic carbocycles. The molecule has 31 heavy (non-hydrogen) atoms. The van der Waals surface area contributed by atoms with E-state index in [0.29, 0.717) is 6.07 Å². The Kier molecular flexibility index (Phi) is 6.96. The summed E-state index contributed by atoms with van der Waals surface area (Å²) in [5.74, 6) is -2.61. The second kappa shape index (κ2) is 9.48. The predicted octanol–water partition coefficient (Wildman–Crippen LogP) is 3.11. The Hall–Kier alpha value is -2.92. The van der Waals surface area contributed by atoms with Crippen molar-refractivity contribution in [1.82, 2.24) is 9.21 Å². The number of amides is 1. The van der Waals surface area contributed by atoms with Gasteiger partial charge in [-0.2, -0.15) is 13.1 Å². The molecule has 0 radical (unpaired) electrons. The summed E-state index contributed by atoms with van der Waals surface area (Å²) in [6.07, 6.45) is 2.51. The summed E-state index contributed by atoms with van der Waals surface area (Å²) in [6.45, 7) is -3.08. The molecule has 1 heterocycles. The second-order valence-corrected chi connectivity index (χ2v) is 8.46. The third-order valence-corrected chi connectivity index (χ3v) is 6.53. The lowest BCUT2D eigenvalue weighted by molar-refractivity contribution is -0.127. The number of benzene rings is 2. The number of rotatable bonds is 6. The van der Waals surface area contributed by atoms with Crippen LogP contribution >= 0.6 is 0 Å². The lowest BCUT2D eigenvalue weighted by Gasteiger charge is -2.33. The molecular formula is C20H18F4N2O4S. The van der Waals surface area contributed by atoms with Gasteiger partial charge in [-0.3, -0.25) is 4.79 Å². The standard InChI is InChI=1S/C20H18F4N2O4S/c21-15-6-7-18(16(22)13-15)31(28,29)26-11-9-25(10-12-26)19(27)8-5-14-3-1-2-4-17(14)30-20(23)24/h1-8,13,20H,9-12H2/b8-5+. The maximum absolute atomic E-state index is 13.9. The van der Waals surface area contributed by atoms with Crippen molar-refractivity contribution < 1.29 is 35.5 Å². The van der Waals surface area contributed by atoms with Crippen molar-refractivity contribution >= 4 is 22.0 Å². The number of carbonyl (C=O) groups is 1. The zero-order valence-electron chi connectivity index (χ0n) is 16.0. The molecule has 0 aromatic heterocycles. The summed E-state index contributed by atoms with van der Waals surface area (Å²) in [7, 11) is -4.18. The molecule has 1 aliphatic rings. The number of piperazine rings is 1. The molecule has 0 spiro atoms. The van der Waals surface area contributed by atoms with Crippen molar-refractivity contribution in [2.24, 2.45) is 0 Å². The van der Waals surface area contributed by atoms with Crippen LogP contribution in [0.5, 0.6) is 5.75 Å². The van der Waals surface area contributed by atoms with Gasteiger partial charge in [-0.15, -0.1) is 0 Å². The molecule has 11 heteroatoms. The van der Waals surface area contributed by atoms with Crippen LogP contribution < -0.4 is 4.74 Å². The molecule has 0 N–H and O–H groups in total. The van der Waals surface area contributed by atoms with E-state index in [0.717, 1.165) is 16.4 Å². The molecule has 0 saturated carbocycles. The number of carbonyl (C=O) groups excluding carboxylic acids is 1. The van der Waals surface area contributed by atoms with Crippen molar-refractivity contribution in [2.75, 3.05) is 26.2 Å². The smallest absolute Gasteiger partial charge is 0.387 e. The maximum Gasteiger partial charge on any atom is 0.387 e. The minimum atomic E-state index is -4.18. The molecule has 2 aromatic rings. The van der Waals surface area contributed by atoms with Gasteiger partial charge in [0.1, 0.15) is 22.3 Å². The SMILES string of the molecule is O=C(/C=C/c1ccccc1OC(F)F)N1CCN(S(=O)(=O)c2ccc(F)cc2F)CC1. The summed E-state index contributed by atoms with van der Waals surface area (Å²) in [4.78, 5) is 13.1. The summed E-state index contributed by atoms with van der Waals surface area (Å²) < 4.78 is 82.5. The predicted molar refractivity (Wildman–Crippen MR) is 104 cm³/mol. The quantitative estimate of drug-likeness (QED) is 0.493. The van der Waals surface area contributed by atoms with Crippen molar-refractivity contribution in [3.8, 4) is 5.75 Å². The third kappa shape index (κ3) is 5.42. The first kappa shape index (κ1) is 22.8. The summed E-state index contributed by atoms with van der Waals surface area (Å²) >= 11 is 0. The lowest BCUT2D eigenvalue weighted by atomic mass is 10.2. The van der Waals surface area contributed by atoms with Gasteiger partial charge in [0, 0.05) is 43.9 Å². The van der Waals surface area contributed by atoms with Crippen molar-refractivity contribution in [2.45, 2.75) is 11.5 Å². The fourth-order valence-corrected chi connectivity index (χ4v) is 4.53. The molecular weight excluding hydrogens is 440 g/mol. The fraction of sp³-hybridized carbons (Fsp3) is 0.250. The Balaban J connectivity index is 1.64. The summed E-state index contributed by atoms with van der Waals surface area (Å²) in [5, 5.41) is 0. The molecule has 166 valence electrons. The summed E-state index contributed by atoms with van der Waals surface area (Å²) in [6, 6.07) is 8.17. The van der Waals surface area contributed by atoms with E-state index in [9.17, 15) is 30.8 Å². The largest absolute Gasteiger partial charge is 0.434 e. The molecule has 3 rings (SSSR count). The van der Waals surface area contributed by atoms with E-state index in [1.165, 1.54) is 35.3 Å². The highest BCUT2D eigenvalue weighted by Gasteiger charge is 2.31. The van der Waals surface area contributed by atoms with Gasteiger partial charge >= 0.3 is 6.61 Å². The number of sulfonamides is 1. The third-order valence-electron chi connectivity index (χ3n) is 4.60. The van der Waals surface area contributed by atoms with E-state index in [4.69, 9.17) is 0 Å². The minimum absolute atomic E-state index is 0.0421. The molecule has 1 saturated heterocycles. The number of halogens is 4. The average molecular weight is 458 g/mol. The van der Waals surface area contributed by atoms with E-state index in [1.54, 1.807) is 6.07 Å². The Morgan fingerprint density at radius 2 is 1.71 bits per heavy atom. The highest BCUT2D eigenvalue weighted by atomic mass is 32.2. The Morgan fingerprint density at radius 1 is 1.03 bits per heavy atom. The molecule has 1 amide bonds. The molecule has 0 unspecified atom stereocenters. The monoisotopic (exact) mass is 458 g/mol. The molecule has 0 bridgehead atoms. The molecule has 1 aliphatic heterocycles. The first-order valence-electron chi connectivity index (χ1n) is 9.14. The van der Waals surface area contributed by atoms with Crippen molar-refractivity contribution in [3.05, 3.63) is 65.7 Å². The molecule has 2 aromatic carbocycles. The fourth-order valence-electron chi connectivity index (χ4n) is 3.06. The van der Waals surface area contributed by atoms with Gasteiger partial charge < -0.3 is 9.64 Å². The Bertz CT molecular complexity index is 1080. The number of alkyl halides is 2. The lowest BCUT2D eigenvalue weighted by Crippen LogP contribution is -2.50. The number of para-hydroxylation sites is 1. The Labute approximate surface area is 176 Å². The van der Waals surface area contributed by atoms with E-state index in [1.807, 2.05) is 0 Å². The number of ether oxygens (including phenoxy) is 1. The molecule has 6 nitrogen and oxygen atoms in total. The van der Waals surface area contributed by atoms with Gasteiger partial charge in [0.25, 0.3) is 0 Å². The second-order valence-electron chi connectivity index (χ2n) is 6.55. The van der Waals surface area contributed by atoms with Crippen LogP contribution in [0.2, 0.25) is 0 Å². The van der Waals surface area contributed by atoms with E-state index in [-0.39, 0.29) is 37.5 Å².